The summed E-state index contributed by atoms with van der Waals surface area (Å²) in [6, 6.07) is 6.41. The SMILES string of the molecule is Cc1ccc(NC(=O)NC(=O)C(C)N2CCN(S(=O)(=O)c3cc(F)ccc3F)CC2)c(C)c1. The molecule has 1 atom stereocenters. The number of carbonyl (C=O) groups excluding carboxylic acids is 2. The van der Waals surface area contributed by atoms with Gasteiger partial charge in [-0.15, -0.1) is 0 Å². The Morgan fingerprint density at radius 3 is 2.30 bits per heavy atom. The largest absolute Gasteiger partial charge is 0.325 e. The van der Waals surface area contributed by atoms with Crippen LogP contribution >= 0.6 is 0 Å². The van der Waals surface area contributed by atoms with Crippen molar-refractivity contribution < 1.29 is 26.8 Å². The van der Waals surface area contributed by atoms with Crippen LogP contribution in [0.4, 0.5) is 19.3 Å². The van der Waals surface area contributed by atoms with Gasteiger partial charge >= 0.3 is 6.03 Å². The van der Waals surface area contributed by atoms with Crippen molar-refractivity contribution in [3.8, 4) is 0 Å². The zero-order valence-corrected chi connectivity index (χ0v) is 19.4. The van der Waals surface area contributed by atoms with Gasteiger partial charge in [-0.3, -0.25) is 15.0 Å². The lowest BCUT2D eigenvalue weighted by Gasteiger charge is -2.36. The minimum absolute atomic E-state index is 0.00926. The van der Waals surface area contributed by atoms with Gasteiger partial charge in [0.15, 0.2) is 0 Å². The maximum Gasteiger partial charge on any atom is 0.325 e. The van der Waals surface area contributed by atoms with Crippen LogP contribution in [0.3, 0.4) is 0 Å². The average Bonchev–Trinajstić information content (AvgIpc) is 2.76. The number of amides is 3. The Balaban J connectivity index is 1.57. The summed E-state index contributed by atoms with van der Waals surface area (Å²) in [6.07, 6.45) is 0. The molecule has 2 N–H and O–H groups in total. The Labute approximate surface area is 191 Å². The van der Waals surface area contributed by atoms with Crippen molar-refractivity contribution in [3.63, 3.8) is 0 Å². The first-order valence-corrected chi connectivity index (χ1v) is 11.8. The molecular formula is C22H26F2N4O4S. The molecule has 2 aromatic carbocycles. The van der Waals surface area contributed by atoms with E-state index < -0.39 is 44.5 Å². The number of anilines is 1. The lowest BCUT2D eigenvalue weighted by molar-refractivity contribution is -0.125. The fourth-order valence-electron chi connectivity index (χ4n) is 3.63. The number of aryl methyl sites for hydroxylation is 2. The van der Waals surface area contributed by atoms with Gasteiger partial charge in [-0.2, -0.15) is 4.31 Å². The number of rotatable bonds is 5. The third-order valence-corrected chi connectivity index (χ3v) is 7.49. The molecule has 1 aliphatic heterocycles. The van der Waals surface area contributed by atoms with E-state index in [1.807, 2.05) is 26.0 Å². The van der Waals surface area contributed by atoms with Gasteiger partial charge in [-0.1, -0.05) is 17.7 Å². The number of hydrogen-bond acceptors (Lipinski definition) is 5. The van der Waals surface area contributed by atoms with Gasteiger partial charge in [0.1, 0.15) is 16.5 Å². The third-order valence-electron chi connectivity index (χ3n) is 5.58. The van der Waals surface area contributed by atoms with Crippen molar-refractivity contribution in [2.75, 3.05) is 31.5 Å². The highest BCUT2D eigenvalue weighted by atomic mass is 32.2. The zero-order chi connectivity index (χ0) is 24.3. The van der Waals surface area contributed by atoms with Crippen LogP contribution in [0.25, 0.3) is 0 Å². The predicted molar refractivity (Wildman–Crippen MR) is 119 cm³/mol. The van der Waals surface area contributed by atoms with E-state index in [2.05, 4.69) is 10.6 Å². The van der Waals surface area contributed by atoms with Crippen LogP contribution in [0.15, 0.2) is 41.3 Å². The molecule has 0 aliphatic carbocycles. The molecular weight excluding hydrogens is 454 g/mol. The molecule has 3 rings (SSSR count). The van der Waals surface area contributed by atoms with E-state index in [9.17, 15) is 26.8 Å². The molecule has 1 fully saturated rings. The quantitative estimate of drug-likeness (QED) is 0.686. The number of benzene rings is 2. The normalized spacial score (nSPS) is 16.3. The highest BCUT2D eigenvalue weighted by Crippen LogP contribution is 2.22. The second-order valence-corrected chi connectivity index (χ2v) is 9.86. The van der Waals surface area contributed by atoms with Crippen LogP contribution < -0.4 is 10.6 Å². The summed E-state index contributed by atoms with van der Waals surface area (Å²) >= 11 is 0. The molecule has 1 aliphatic rings. The number of carbonyl (C=O) groups is 2. The van der Waals surface area contributed by atoms with Crippen LogP contribution in [0, 0.1) is 25.5 Å². The standard InChI is InChI=1S/C22H26F2N4O4S/c1-14-4-7-19(15(2)12-14)25-22(30)26-21(29)16(3)27-8-10-28(11-9-27)33(31,32)20-13-17(23)5-6-18(20)24/h4-7,12-13,16H,8-11H2,1-3H3,(H2,25,26,29,30). The first-order chi connectivity index (χ1) is 15.5. The number of piperazine rings is 1. The minimum atomic E-state index is -4.22. The monoisotopic (exact) mass is 480 g/mol. The summed E-state index contributed by atoms with van der Waals surface area (Å²) in [4.78, 5) is 25.8. The summed E-state index contributed by atoms with van der Waals surface area (Å²) in [6.45, 7) is 5.73. The van der Waals surface area contributed by atoms with Crippen LogP contribution in [0.5, 0.6) is 0 Å². The smallest absolute Gasteiger partial charge is 0.307 e. The summed E-state index contributed by atoms with van der Waals surface area (Å²) in [7, 11) is -4.22. The molecule has 8 nitrogen and oxygen atoms in total. The van der Waals surface area contributed by atoms with E-state index in [4.69, 9.17) is 0 Å². The highest BCUT2D eigenvalue weighted by Gasteiger charge is 2.33. The number of hydrogen-bond donors (Lipinski definition) is 2. The lowest BCUT2D eigenvalue weighted by Crippen LogP contribution is -2.55. The number of nitrogens with zero attached hydrogens (tertiary/aromatic N) is 2. The van der Waals surface area contributed by atoms with Gasteiger partial charge in [-0.05, 0) is 50.6 Å². The van der Waals surface area contributed by atoms with Crippen molar-refractivity contribution in [3.05, 3.63) is 59.2 Å². The molecule has 0 radical (unpaired) electrons. The van der Waals surface area contributed by atoms with Crippen molar-refractivity contribution >= 4 is 27.6 Å². The molecule has 0 bridgehead atoms. The van der Waals surface area contributed by atoms with E-state index in [0.29, 0.717) is 11.8 Å². The summed E-state index contributed by atoms with van der Waals surface area (Å²) in [5.41, 5.74) is 2.49. The zero-order valence-electron chi connectivity index (χ0n) is 18.6. The molecule has 0 spiro atoms. The third kappa shape index (κ3) is 5.73. The maximum atomic E-state index is 14.0. The van der Waals surface area contributed by atoms with Gasteiger partial charge in [0.2, 0.25) is 15.9 Å². The van der Waals surface area contributed by atoms with Crippen LogP contribution in [0.1, 0.15) is 18.1 Å². The van der Waals surface area contributed by atoms with Crippen LogP contribution in [-0.2, 0) is 14.8 Å². The molecule has 1 unspecified atom stereocenters. The maximum absolute atomic E-state index is 14.0. The Bertz CT molecular complexity index is 1160. The van der Waals surface area contributed by atoms with E-state index in [-0.39, 0.29) is 26.2 Å². The summed E-state index contributed by atoms with van der Waals surface area (Å²) in [5, 5.41) is 4.93. The fourth-order valence-corrected chi connectivity index (χ4v) is 5.13. The minimum Gasteiger partial charge on any atom is -0.307 e. The molecule has 0 saturated carbocycles. The van der Waals surface area contributed by atoms with Crippen molar-refractivity contribution in [1.29, 1.82) is 0 Å². The Hall–Kier alpha value is -2.89. The number of imide groups is 1. The number of halogens is 2. The number of nitrogens with one attached hydrogen (secondary N) is 2. The predicted octanol–water partition coefficient (Wildman–Crippen LogP) is 2.62. The average molecular weight is 481 g/mol. The molecule has 1 saturated heterocycles. The second kappa shape index (κ2) is 9.94. The first-order valence-electron chi connectivity index (χ1n) is 10.4. The van der Waals surface area contributed by atoms with Gasteiger partial charge in [0.25, 0.3) is 0 Å². The number of urea groups is 1. The Morgan fingerprint density at radius 1 is 1.00 bits per heavy atom. The molecule has 1 heterocycles. The first kappa shape index (κ1) is 24.7. The molecule has 178 valence electrons. The molecule has 11 heteroatoms. The second-order valence-electron chi connectivity index (χ2n) is 7.95. The van der Waals surface area contributed by atoms with Gasteiger partial charge in [-0.25, -0.2) is 22.0 Å². The number of sulfonamides is 1. The summed E-state index contributed by atoms with van der Waals surface area (Å²) < 4.78 is 53.9. The summed E-state index contributed by atoms with van der Waals surface area (Å²) in [5.74, 6) is -2.41. The van der Waals surface area contributed by atoms with Gasteiger partial charge in [0, 0.05) is 31.9 Å². The van der Waals surface area contributed by atoms with Crippen LogP contribution in [-0.4, -0.2) is 61.8 Å². The van der Waals surface area contributed by atoms with E-state index in [1.54, 1.807) is 17.9 Å². The topological polar surface area (TPSA) is 98.8 Å². The van der Waals surface area contributed by atoms with Gasteiger partial charge < -0.3 is 5.32 Å². The van der Waals surface area contributed by atoms with Crippen molar-refractivity contribution in [2.45, 2.75) is 31.7 Å². The molecule has 2 aromatic rings. The Morgan fingerprint density at radius 2 is 1.67 bits per heavy atom. The lowest BCUT2D eigenvalue weighted by atomic mass is 10.1. The molecule has 3 amide bonds. The van der Waals surface area contributed by atoms with E-state index in [1.165, 1.54) is 0 Å². The van der Waals surface area contributed by atoms with E-state index >= 15 is 0 Å². The molecule has 0 aromatic heterocycles. The van der Waals surface area contributed by atoms with Gasteiger partial charge in [0.05, 0.1) is 6.04 Å². The van der Waals surface area contributed by atoms with Crippen molar-refractivity contribution in [2.24, 2.45) is 0 Å². The van der Waals surface area contributed by atoms with Crippen LogP contribution in [0.2, 0.25) is 0 Å². The fraction of sp³-hybridized carbons (Fsp3) is 0.364. The van der Waals surface area contributed by atoms with E-state index in [0.717, 1.165) is 27.6 Å². The Kier molecular flexibility index (Phi) is 7.45. The highest BCUT2D eigenvalue weighted by molar-refractivity contribution is 7.89. The van der Waals surface area contributed by atoms with Crippen molar-refractivity contribution in [1.82, 2.24) is 14.5 Å². The molecule has 33 heavy (non-hydrogen) atoms.